The van der Waals surface area contributed by atoms with Crippen LogP contribution in [0.15, 0.2) is 53.3 Å². The van der Waals surface area contributed by atoms with E-state index in [0.29, 0.717) is 34.4 Å². The third-order valence-corrected chi connectivity index (χ3v) is 4.22. The van der Waals surface area contributed by atoms with Crippen LogP contribution in [0.5, 0.6) is 0 Å². The molecule has 0 bridgehead atoms. The lowest BCUT2D eigenvalue weighted by molar-refractivity contribution is 0.0266. The van der Waals surface area contributed by atoms with Gasteiger partial charge in [-0.15, -0.1) is 0 Å². The van der Waals surface area contributed by atoms with E-state index in [1.807, 2.05) is 6.92 Å². The van der Waals surface area contributed by atoms with Crippen molar-refractivity contribution in [2.24, 2.45) is 0 Å². The van der Waals surface area contributed by atoms with Crippen LogP contribution in [0, 0.1) is 6.92 Å². The normalized spacial score (nSPS) is 10.6. The number of ether oxygens (including phenoxy) is 2. The summed E-state index contributed by atoms with van der Waals surface area (Å²) in [5.74, 6) is -1.02. The minimum Gasteiger partial charge on any atom is -0.458 e. The molecule has 0 unspecified atom stereocenters. The fourth-order valence-electron chi connectivity index (χ4n) is 2.82. The Kier molecular flexibility index (Phi) is 5.84. The zero-order chi connectivity index (χ0) is 20.1. The van der Waals surface area contributed by atoms with Crippen molar-refractivity contribution in [1.29, 1.82) is 0 Å². The number of nitrogens with zero attached hydrogens (tertiary/aromatic N) is 2. The van der Waals surface area contributed by atoms with Gasteiger partial charge in [0.25, 0.3) is 5.56 Å². The predicted molar refractivity (Wildman–Crippen MR) is 103 cm³/mol. The summed E-state index contributed by atoms with van der Waals surface area (Å²) < 4.78 is 11.8. The van der Waals surface area contributed by atoms with Crippen LogP contribution in [-0.2, 0) is 16.0 Å². The van der Waals surface area contributed by atoms with Gasteiger partial charge in [0.05, 0.1) is 22.2 Å². The van der Waals surface area contributed by atoms with Crippen LogP contribution in [0.4, 0.5) is 0 Å². The molecule has 7 heteroatoms. The van der Waals surface area contributed by atoms with E-state index in [2.05, 4.69) is 4.98 Å². The van der Waals surface area contributed by atoms with E-state index in [4.69, 9.17) is 9.47 Å². The second-order valence-corrected chi connectivity index (χ2v) is 6.09. The van der Waals surface area contributed by atoms with Gasteiger partial charge in [-0.3, -0.25) is 4.79 Å². The number of hydrogen-bond donors (Lipinski definition) is 0. The van der Waals surface area contributed by atoms with Crippen molar-refractivity contribution in [3.8, 4) is 0 Å². The largest absolute Gasteiger partial charge is 0.458 e. The third-order valence-electron chi connectivity index (χ3n) is 4.22. The molecule has 0 atom stereocenters. The van der Waals surface area contributed by atoms with Crippen molar-refractivity contribution in [1.82, 2.24) is 9.55 Å². The van der Waals surface area contributed by atoms with Crippen molar-refractivity contribution in [3.05, 3.63) is 75.7 Å². The molecule has 0 amide bonds. The van der Waals surface area contributed by atoms with E-state index < -0.39 is 11.9 Å². The molecule has 0 radical (unpaired) electrons. The van der Waals surface area contributed by atoms with Gasteiger partial charge in [-0.2, -0.15) is 0 Å². The molecule has 1 heterocycles. The van der Waals surface area contributed by atoms with Crippen molar-refractivity contribution >= 4 is 23.0 Å². The number of rotatable bonds is 6. The summed E-state index contributed by atoms with van der Waals surface area (Å²) in [5, 5.41) is 0. The number of carbonyl (C=O) groups excluding carboxylic acids is 2. The Labute approximate surface area is 161 Å². The SMILES string of the molecule is CCn1c(=O)c(C)nc2cc(C(=O)OCCOC(=O)c3ccccc3)ccc21. The van der Waals surface area contributed by atoms with Gasteiger partial charge in [0.1, 0.15) is 18.9 Å². The van der Waals surface area contributed by atoms with E-state index in [1.165, 1.54) is 0 Å². The van der Waals surface area contributed by atoms with Gasteiger partial charge in [-0.25, -0.2) is 14.6 Å². The molecule has 28 heavy (non-hydrogen) atoms. The molecule has 0 spiro atoms. The molecule has 0 saturated heterocycles. The molecular weight excluding hydrogens is 360 g/mol. The maximum atomic E-state index is 12.3. The van der Waals surface area contributed by atoms with Crippen molar-refractivity contribution in [2.45, 2.75) is 20.4 Å². The zero-order valence-electron chi connectivity index (χ0n) is 15.7. The van der Waals surface area contributed by atoms with E-state index in [0.717, 1.165) is 0 Å². The first-order valence-corrected chi connectivity index (χ1v) is 8.91. The quantitative estimate of drug-likeness (QED) is 0.483. The first-order valence-electron chi connectivity index (χ1n) is 8.91. The highest BCUT2D eigenvalue weighted by molar-refractivity contribution is 5.93. The Morgan fingerprint density at radius 1 is 0.964 bits per heavy atom. The zero-order valence-corrected chi connectivity index (χ0v) is 15.7. The Bertz CT molecular complexity index is 1070. The second kappa shape index (κ2) is 8.47. The van der Waals surface area contributed by atoms with Gasteiger partial charge in [0, 0.05) is 6.54 Å². The highest BCUT2D eigenvalue weighted by atomic mass is 16.6. The summed E-state index contributed by atoms with van der Waals surface area (Å²) in [6, 6.07) is 13.4. The van der Waals surface area contributed by atoms with Crippen molar-refractivity contribution in [3.63, 3.8) is 0 Å². The van der Waals surface area contributed by atoms with Crippen molar-refractivity contribution < 1.29 is 19.1 Å². The van der Waals surface area contributed by atoms with Crippen LogP contribution >= 0.6 is 0 Å². The number of aromatic nitrogens is 2. The maximum Gasteiger partial charge on any atom is 0.338 e. The molecule has 0 aliphatic rings. The number of hydrogen-bond acceptors (Lipinski definition) is 6. The number of carbonyl (C=O) groups is 2. The van der Waals surface area contributed by atoms with E-state index in [9.17, 15) is 14.4 Å². The smallest absolute Gasteiger partial charge is 0.338 e. The summed E-state index contributed by atoms with van der Waals surface area (Å²) in [4.78, 5) is 40.5. The van der Waals surface area contributed by atoms with Crippen molar-refractivity contribution in [2.75, 3.05) is 13.2 Å². The third kappa shape index (κ3) is 4.09. The Morgan fingerprint density at radius 2 is 1.61 bits per heavy atom. The minimum atomic E-state index is -0.550. The minimum absolute atomic E-state index is 0.0419. The number of benzene rings is 2. The highest BCUT2D eigenvalue weighted by Gasteiger charge is 2.13. The molecule has 144 valence electrons. The van der Waals surface area contributed by atoms with Crippen LogP contribution in [0.25, 0.3) is 11.0 Å². The van der Waals surface area contributed by atoms with E-state index in [-0.39, 0.29) is 18.8 Å². The van der Waals surface area contributed by atoms with Crippen LogP contribution in [0.1, 0.15) is 33.3 Å². The fourth-order valence-corrected chi connectivity index (χ4v) is 2.82. The monoisotopic (exact) mass is 380 g/mol. The molecule has 7 nitrogen and oxygen atoms in total. The van der Waals surface area contributed by atoms with Gasteiger partial charge in [0.2, 0.25) is 0 Å². The number of aryl methyl sites for hydroxylation is 2. The van der Waals surface area contributed by atoms with E-state index >= 15 is 0 Å². The number of fused-ring (bicyclic) bond motifs is 1. The first kappa shape index (κ1) is 19.3. The predicted octanol–water partition coefficient (Wildman–Crippen LogP) is 2.74. The summed E-state index contributed by atoms with van der Waals surface area (Å²) >= 11 is 0. The van der Waals surface area contributed by atoms with Crippen LogP contribution < -0.4 is 5.56 Å². The topological polar surface area (TPSA) is 87.5 Å². The Hall–Kier alpha value is -3.48. The molecule has 0 N–H and O–H groups in total. The van der Waals surface area contributed by atoms with Crippen LogP contribution in [0.2, 0.25) is 0 Å². The molecule has 2 aromatic carbocycles. The van der Waals surface area contributed by atoms with Crippen LogP contribution in [0.3, 0.4) is 0 Å². The highest BCUT2D eigenvalue weighted by Crippen LogP contribution is 2.14. The Morgan fingerprint density at radius 3 is 2.25 bits per heavy atom. The van der Waals surface area contributed by atoms with Gasteiger partial charge >= 0.3 is 11.9 Å². The van der Waals surface area contributed by atoms with Gasteiger partial charge in [-0.05, 0) is 44.2 Å². The fraction of sp³-hybridized carbons (Fsp3) is 0.238. The standard InChI is InChI=1S/C21H20N2O5/c1-3-23-18-10-9-16(13-17(18)22-14(2)19(23)24)21(26)28-12-11-27-20(25)15-7-5-4-6-8-15/h4-10,13H,3,11-12H2,1-2H3. The molecular formula is C21H20N2O5. The molecule has 3 aromatic rings. The average Bonchev–Trinajstić information content (AvgIpc) is 2.72. The number of esters is 2. The molecule has 0 fully saturated rings. The molecule has 0 saturated carbocycles. The molecule has 0 aliphatic carbocycles. The van der Waals surface area contributed by atoms with Gasteiger partial charge < -0.3 is 14.0 Å². The molecule has 1 aromatic heterocycles. The molecule has 3 rings (SSSR count). The lowest BCUT2D eigenvalue weighted by atomic mass is 10.2. The van der Waals surface area contributed by atoms with Crippen LogP contribution in [-0.4, -0.2) is 34.7 Å². The van der Waals surface area contributed by atoms with E-state index in [1.54, 1.807) is 60.0 Å². The maximum absolute atomic E-state index is 12.3. The molecule has 0 aliphatic heterocycles. The summed E-state index contributed by atoms with van der Waals surface area (Å²) in [6.07, 6.45) is 0. The summed E-state index contributed by atoms with van der Waals surface area (Å²) in [5.41, 5.74) is 2.18. The summed E-state index contributed by atoms with van der Waals surface area (Å²) in [7, 11) is 0. The Balaban J connectivity index is 1.63. The average molecular weight is 380 g/mol. The first-order chi connectivity index (χ1) is 13.5. The summed E-state index contributed by atoms with van der Waals surface area (Å²) in [6.45, 7) is 3.92. The second-order valence-electron chi connectivity index (χ2n) is 6.09. The lowest BCUT2D eigenvalue weighted by Crippen LogP contribution is -2.23. The van der Waals surface area contributed by atoms with Gasteiger partial charge in [0.15, 0.2) is 0 Å². The lowest BCUT2D eigenvalue weighted by Gasteiger charge is -2.10. The van der Waals surface area contributed by atoms with Gasteiger partial charge in [-0.1, -0.05) is 18.2 Å².